The Morgan fingerprint density at radius 1 is 1.43 bits per heavy atom. The first-order valence-corrected chi connectivity index (χ1v) is 6.90. The summed E-state index contributed by atoms with van der Waals surface area (Å²) in [7, 11) is 1.58. The van der Waals surface area contributed by atoms with Crippen molar-refractivity contribution >= 4 is 17.5 Å². The Balaban J connectivity index is 2.16. The van der Waals surface area contributed by atoms with Crippen LogP contribution in [0.5, 0.6) is 0 Å². The molecule has 4 N–H and O–H groups in total. The minimum Gasteiger partial charge on any atom is -0.379 e. The van der Waals surface area contributed by atoms with Crippen LogP contribution in [0.2, 0.25) is 0 Å². The average Bonchev–Trinajstić information content (AvgIpc) is 2.82. The second kappa shape index (κ2) is 6.24. The molecule has 2 atom stereocenters. The first-order chi connectivity index (χ1) is 9.97. The van der Waals surface area contributed by atoms with Crippen LogP contribution in [0.3, 0.4) is 0 Å². The van der Waals surface area contributed by atoms with Crippen molar-refractivity contribution in [3.05, 3.63) is 29.8 Å². The van der Waals surface area contributed by atoms with E-state index < -0.39 is 5.41 Å². The minimum absolute atomic E-state index is 0.108. The number of rotatable bonds is 4. The quantitative estimate of drug-likeness (QED) is 0.742. The van der Waals surface area contributed by atoms with Gasteiger partial charge < -0.3 is 21.1 Å². The van der Waals surface area contributed by atoms with Gasteiger partial charge in [0.1, 0.15) is 0 Å². The van der Waals surface area contributed by atoms with Crippen LogP contribution in [0, 0.1) is 5.41 Å². The van der Waals surface area contributed by atoms with Crippen molar-refractivity contribution in [2.75, 3.05) is 25.6 Å². The maximum Gasteiger partial charge on any atom is 0.234 e. The van der Waals surface area contributed by atoms with E-state index in [1.54, 1.807) is 20.0 Å². The van der Waals surface area contributed by atoms with Crippen LogP contribution in [0.15, 0.2) is 24.3 Å². The maximum absolute atomic E-state index is 12.5. The number of hydrogen-bond donors (Lipinski definition) is 3. The van der Waals surface area contributed by atoms with E-state index in [1.165, 1.54) is 0 Å². The number of amides is 2. The van der Waals surface area contributed by atoms with Gasteiger partial charge in [-0.15, -0.1) is 0 Å². The number of para-hydroxylation sites is 1. The number of nitrogens with one attached hydrogen (secondary N) is 2. The van der Waals surface area contributed by atoms with E-state index in [2.05, 4.69) is 10.6 Å². The van der Waals surface area contributed by atoms with E-state index >= 15 is 0 Å². The average molecular weight is 291 g/mol. The minimum atomic E-state index is -0.750. The molecule has 6 nitrogen and oxygen atoms in total. The summed E-state index contributed by atoms with van der Waals surface area (Å²) in [5.74, 6) is -0.291. The van der Waals surface area contributed by atoms with E-state index in [9.17, 15) is 9.59 Å². The maximum atomic E-state index is 12.5. The Hall–Kier alpha value is -1.92. The third kappa shape index (κ3) is 3.22. The number of carbonyl (C=O) groups is 2. The third-order valence-corrected chi connectivity index (χ3v) is 3.93. The SMILES string of the molecule is CNC(=O)Cc1ccccc1NC(=O)C1(C)COCC1N. The summed E-state index contributed by atoms with van der Waals surface area (Å²) in [5, 5.41) is 5.45. The highest BCUT2D eigenvalue weighted by Gasteiger charge is 2.44. The zero-order valence-corrected chi connectivity index (χ0v) is 12.3. The van der Waals surface area contributed by atoms with Gasteiger partial charge in [0.15, 0.2) is 0 Å². The molecule has 1 aliphatic rings. The predicted octanol–water partition coefficient (Wildman–Crippen LogP) is 0.277. The molecule has 1 aromatic rings. The smallest absolute Gasteiger partial charge is 0.234 e. The lowest BCUT2D eigenvalue weighted by atomic mass is 9.84. The number of benzene rings is 1. The van der Waals surface area contributed by atoms with Crippen molar-refractivity contribution in [2.45, 2.75) is 19.4 Å². The lowest BCUT2D eigenvalue weighted by Crippen LogP contribution is -2.47. The van der Waals surface area contributed by atoms with Crippen molar-refractivity contribution in [1.82, 2.24) is 5.32 Å². The highest BCUT2D eigenvalue weighted by Crippen LogP contribution is 2.29. The van der Waals surface area contributed by atoms with Gasteiger partial charge in [0.2, 0.25) is 11.8 Å². The molecule has 0 spiro atoms. The summed E-state index contributed by atoms with van der Waals surface area (Å²) in [5.41, 5.74) is 6.60. The zero-order chi connectivity index (χ0) is 15.5. The van der Waals surface area contributed by atoms with Gasteiger partial charge >= 0.3 is 0 Å². The van der Waals surface area contributed by atoms with Crippen molar-refractivity contribution < 1.29 is 14.3 Å². The molecule has 2 unspecified atom stereocenters. The van der Waals surface area contributed by atoms with Crippen LogP contribution in [-0.4, -0.2) is 38.1 Å². The van der Waals surface area contributed by atoms with Crippen molar-refractivity contribution in [3.8, 4) is 0 Å². The van der Waals surface area contributed by atoms with E-state index in [0.29, 0.717) is 18.9 Å². The van der Waals surface area contributed by atoms with Crippen LogP contribution in [0.1, 0.15) is 12.5 Å². The lowest BCUT2D eigenvalue weighted by Gasteiger charge is -2.26. The number of nitrogens with two attached hydrogens (primary N) is 1. The van der Waals surface area contributed by atoms with Gasteiger partial charge in [-0.05, 0) is 18.6 Å². The number of likely N-dealkylation sites (N-methyl/N-ethyl adjacent to an activating group) is 1. The third-order valence-electron chi connectivity index (χ3n) is 3.93. The Morgan fingerprint density at radius 2 is 2.14 bits per heavy atom. The largest absolute Gasteiger partial charge is 0.379 e. The Morgan fingerprint density at radius 3 is 2.76 bits per heavy atom. The summed E-state index contributed by atoms with van der Waals surface area (Å²) in [6.07, 6.45) is 0.215. The van der Waals surface area contributed by atoms with Gasteiger partial charge in [0, 0.05) is 18.8 Å². The van der Waals surface area contributed by atoms with Crippen molar-refractivity contribution in [3.63, 3.8) is 0 Å². The van der Waals surface area contributed by atoms with Crippen LogP contribution in [-0.2, 0) is 20.7 Å². The topological polar surface area (TPSA) is 93.5 Å². The Kier molecular flexibility index (Phi) is 4.59. The summed E-state index contributed by atoms with van der Waals surface area (Å²) < 4.78 is 5.29. The normalized spacial score (nSPS) is 24.6. The fourth-order valence-corrected chi connectivity index (χ4v) is 2.25. The van der Waals surface area contributed by atoms with E-state index in [1.807, 2.05) is 18.2 Å². The molecular formula is C15H21N3O3. The summed E-state index contributed by atoms with van der Waals surface area (Å²) >= 11 is 0. The van der Waals surface area contributed by atoms with Gasteiger partial charge in [-0.25, -0.2) is 0 Å². The standard InChI is InChI=1S/C15H21N3O3/c1-15(9-21-8-12(15)16)14(20)18-11-6-4-3-5-10(11)7-13(19)17-2/h3-6,12H,7-9,16H2,1-2H3,(H,17,19)(H,18,20). The van der Waals surface area contributed by atoms with E-state index in [0.717, 1.165) is 5.56 Å². The molecule has 6 heteroatoms. The second-order valence-corrected chi connectivity index (χ2v) is 5.50. The number of anilines is 1. The van der Waals surface area contributed by atoms with Crippen molar-refractivity contribution in [1.29, 1.82) is 0 Å². The molecule has 1 aliphatic heterocycles. The van der Waals surface area contributed by atoms with Gasteiger partial charge in [0.25, 0.3) is 0 Å². The molecular weight excluding hydrogens is 270 g/mol. The lowest BCUT2D eigenvalue weighted by molar-refractivity contribution is -0.125. The zero-order valence-electron chi connectivity index (χ0n) is 12.3. The van der Waals surface area contributed by atoms with E-state index in [4.69, 9.17) is 10.5 Å². The van der Waals surface area contributed by atoms with Gasteiger partial charge in [-0.3, -0.25) is 9.59 Å². The monoisotopic (exact) mass is 291 g/mol. The first-order valence-electron chi connectivity index (χ1n) is 6.90. The molecule has 1 aromatic carbocycles. The molecule has 1 fully saturated rings. The highest BCUT2D eigenvalue weighted by molar-refractivity contribution is 5.97. The molecule has 1 heterocycles. The molecule has 114 valence electrons. The summed E-state index contributed by atoms with van der Waals surface area (Å²) in [6.45, 7) is 2.47. The Bertz CT molecular complexity index is 547. The molecule has 0 radical (unpaired) electrons. The summed E-state index contributed by atoms with van der Waals surface area (Å²) in [4.78, 5) is 24.0. The fourth-order valence-electron chi connectivity index (χ4n) is 2.25. The molecule has 2 rings (SSSR count). The second-order valence-electron chi connectivity index (χ2n) is 5.50. The number of hydrogen-bond acceptors (Lipinski definition) is 4. The molecule has 0 bridgehead atoms. The van der Waals surface area contributed by atoms with Gasteiger partial charge in [-0.1, -0.05) is 18.2 Å². The molecule has 0 aromatic heterocycles. The van der Waals surface area contributed by atoms with Crippen LogP contribution < -0.4 is 16.4 Å². The molecule has 21 heavy (non-hydrogen) atoms. The molecule has 2 amide bonds. The molecule has 0 saturated carbocycles. The van der Waals surface area contributed by atoms with Gasteiger partial charge in [-0.2, -0.15) is 0 Å². The fraction of sp³-hybridized carbons (Fsp3) is 0.467. The predicted molar refractivity (Wildman–Crippen MR) is 79.7 cm³/mol. The van der Waals surface area contributed by atoms with Crippen LogP contribution in [0.4, 0.5) is 5.69 Å². The highest BCUT2D eigenvalue weighted by atomic mass is 16.5. The first kappa shape index (κ1) is 15.5. The van der Waals surface area contributed by atoms with Gasteiger partial charge in [0.05, 0.1) is 25.0 Å². The number of ether oxygens (including phenoxy) is 1. The van der Waals surface area contributed by atoms with E-state index in [-0.39, 0.29) is 24.3 Å². The Labute approximate surface area is 124 Å². The molecule has 0 aliphatic carbocycles. The van der Waals surface area contributed by atoms with Crippen molar-refractivity contribution in [2.24, 2.45) is 11.1 Å². The molecule has 1 saturated heterocycles. The van der Waals surface area contributed by atoms with Crippen LogP contribution in [0.25, 0.3) is 0 Å². The summed E-state index contributed by atoms with van der Waals surface area (Å²) in [6, 6.07) is 6.92. The van der Waals surface area contributed by atoms with Crippen LogP contribution >= 0.6 is 0 Å². The number of carbonyl (C=O) groups excluding carboxylic acids is 2.